The van der Waals surface area contributed by atoms with Crippen LogP contribution in [0.2, 0.25) is 0 Å². The van der Waals surface area contributed by atoms with Crippen molar-refractivity contribution in [1.29, 1.82) is 0 Å². The number of ether oxygens (including phenoxy) is 1. The second-order valence-electron chi connectivity index (χ2n) is 5.69. The maximum absolute atomic E-state index is 6.06. The highest BCUT2D eigenvalue weighted by Crippen LogP contribution is 2.48. The molecular weight excluding hydrogens is 250 g/mol. The van der Waals surface area contributed by atoms with Crippen LogP contribution in [0.5, 0.6) is 0 Å². The Hall–Kier alpha value is -2.13. The molecule has 1 fully saturated rings. The van der Waals surface area contributed by atoms with Gasteiger partial charge in [-0.3, -0.25) is 4.99 Å². The number of nitrogens with zero attached hydrogens (tertiary/aromatic N) is 1. The Balaban J connectivity index is 1.74. The summed E-state index contributed by atoms with van der Waals surface area (Å²) in [5.74, 6) is 0.258. The molecule has 3 unspecified atom stereocenters. The zero-order valence-electron chi connectivity index (χ0n) is 10.8. The van der Waals surface area contributed by atoms with Crippen molar-refractivity contribution < 1.29 is 9.15 Å². The topological polar surface area (TPSA) is 34.7 Å². The molecule has 3 heteroatoms. The van der Waals surface area contributed by atoms with Gasteiger partial charge in [0.15, 0.2) is 0 Å². The highest BCUT2D eigenvalue weighted by atomic mass is 16.5. The average Bonchev–Trinajstić information content (AvgIpc) is 3.17. The fourth-order valence-electron chi connectivity index (χ4n) is 3.68. The molecule has 2 aliphatic heterocycles. The van der Waals surface area contributed by atoms with Crippen LogP contribution in [0.4, 0.5) is 5.69 Å². The largest absolute Gasteiger partial charge is 0.465 e. The number of hydrogen-bond acceptors (Lipinski definition) is 3. The number of hydrogen-bond donors (Lipinski definition) is 0. The van der Waals surface area contributed by atoms with Crippen molar-refractivity contribution >= 4 is 24.1 Å². The summed E-state index contributed by atoms with van der Waals surface area (Å²) < 4.78 is 11.6. The Labute approximate surface area is 115 Å². The van der Waals surface area contributed by atoms with Crippen LogP contribution in [0.1, 0.15) is 5.56 Å². The lowest BCUT2D eigenvalue weighted by atomic mass is 9.71. The fraction of sp³-hybridized carbons (Fsp3) is 0.235. The first-order chi connectivity index (χ1) is 9.87. The molecular formula is C17H13NO2. The van der Waals surface area contributed by atoms with Crippen molar-refractivity contribution in [2.75, 3.05) is 6.61 Å². The monoisotopic (exact) mass is 263 g/mol. The normalized spacial score (nSPS) is 32.4. The van der Waals surface area contributed by atoms with Crippen LogP contribution in [0.25, 0.3) is 12.2 Å². The van der Waals surface area contributed by atoms with Gasteiger partial charge in [0.2, 0.25) is 0 Å². The smallest absolute Gasteiger partial charge is 0.130 e. The van der Waals surface area contributed by atoms with Gasteiger partial charge in [-0.05, 0) is 29.8 Å². The zero-order valence-corrected chi connectivity index (χ0v) is 10.8. The Morgan fingerprint density at radius 1 is 1.15 bits per heavy atom. The molecule has 0 bridgehead atoms. The Morgan fingerprint density at radius 3 is 3.10 bits per heavy atom. The standard InChI is InChI=1S/C17H13NO2/c1-2-4-14-12(3-1)17(9-18-14)10-20-16-7-11-5-6-19-15(11)8-13(16)17/h1-9,13,16H,10H2. The molecule has 3 nitrogen and oxygen atoms in total. The molecule has 3 heterocycles. The van der Waals surface area contributed by atoms with Crippen LogP contribution in [-0.2, 0) is 10.2 Å². The first-order valence-electron chi connectivity index (χ1n) is 6.90. The van der Waals surface area contributed by atoms with Crippen molar-refractivity contribution in [2.45, 2.75) is 11.5 Å². The summed E-state index contributed by atoms with van der Waals surface area (Å²) in [6.07, 6.45) is 8.30. The summed E-state index contributed by atoms with van der Waals surface area (Å²) in [5.41, 5.74) is 3.15. The SMILES string of the molecule is C1=Nc2ccccc2C12COC1C=c3ccoc3=CC12. The molecule has 3 atom stereocenters. The molecule has 0 saturated carbocycles. The third-order valence-electron chi connectivity index (χ3n) is 4.70. The van der Waals surface area contributed by atoms with E-state index in [9.17, 15) is 0 Å². The van der Waals surface area contributed by atoms with E-state index in [-0.39, 0.29) is 17.4 Å². The van der Waals surface area contributed by atoms with Gasteiger partial charge < -0.3 is 9.15 Å². The lowest BCUT2D eigenvalue weighted by Crippen LogP contribution is -2.40. The van der Waals surface area contributed by atoms with Crippen LogP contribution in [0.15, 0.2) is 46.0 Å². The molecule has 1 aromatic heterocycles. The number of rotatable bonds is 0. The Morgan fingerprint density at radius 2 is 2.10 bits per heavy atom. The minimum absolute atomic E-state index is 0.109. The van der Waals surface area contributed by atoms with E-state index in [0.29, 0.717) is 6.61 Å². The van der Waals surface area contributed by atoms with E-state index < -0.39 is 0 Å². The third kappa shape index (κ3) is 1.17. The predicted octanol–water partition coefficient (Wildman–Crippen LogP) is 1.52. The minimum Gasteiger partial charge on any atom is -0.465 e. The summed E-state index contributed by atoms with van der Waals surface area (Å²) in [4.78, 5) is 4.60. The Bertz CT molecular complexity index is 848. The second kappa shape index (κ2) is 3.49. The highest BCUT2D eigenvalue weighted by molar-refractivity contribution is 5.88. The maximum atomic E-state index is 6.06. The van der Waals surface area contributed by atoms with Crippen molar-refractivity contribution in [3.63, 3.8) is 0 Å². The quantitative estimate of drug-likeness (QED) is 0.722. The van der Waals surface area contributed by atoms with E-state index in [4.69, 9.17) is 9.15 Å². The minimum atomic E-state index is -0.137. The van der Waals surface area contributed by atoms with Gasteiger partial charge in [0, 0.05) is 17.4 Å². The molecule has 20 heavy (non-hydrogen) atoms. The highest BCUT2D eigenvalue weighted by Gasteiger charge is 2.51. The third-order valence-corrected chi connectivity index (χ3v) is 4.70. The lowest BCUT2D eigenvalue weighted by Gasteiger charge is -2.27. The van der Waals surface area contributed by atoms with Crippen LogP contribution in [0.3, 0.4) is 0 Å². The van der Waals surface area contributed by atoms with Crippen molar-refractivity contribution in [3.05, 3.63) is 52.8 Å². The van der Waals surface area contributed by atoms with Gasteiger partial charge in [-0.1, -0.05) is 18.2 Å². The summed E-state index contributed by atoms with van der Waals surface area (Å²) in [6.45, 7) is 0.681. The van der Waals surface area contributed by atoms with E-state index in [2.05, 4.69) is 41.6 Å². The first-order valence-corrected chi connectivity index (χ1v) is 6.90. The molecule has 1 aliphatic carbocycles. The van der Waals surface area contributed by atoms with Crippen molar-refractivity contribution in [1.82, 2.24) is 0 Å². The summed E-state index contributed by atoms with van der Waals surface area (Å²) in [7, 11) is 0. The molecule has 3 aliphatic rings. The van der Waals surface area contributed by atoms with Crippen LogP contribution in [-0.4, -0.2) is 18.9 Å². The van der Waals surface area contributed by atoms with Gasteiger partial charge >= 0.3 is 0 Å². The molecule has 0 radical (unpaired) electrons. The van der Waals surface area contributed by atoms with E-state index >= 15 is 0 Å². The number of aliphatic imine (C=N–C) groups is 1. The lowest BCUT2D eigenvalue weighted by molar-refractivity contribution is 0.144. The van der Waals surface area contributed by atoms with E-state index in [0.717, 1.165) is 16.3 Å². The number of fused-ring (bicyclic) bond motifs is 5. The van der Waals surface area contributed by atoms with Gasteiger partial charge in [0.1, 0.15) is 5.42 Å². The van der Waals surface area contributed by atoms with Gasteiger partial charge in [-0.15, -0.1) is 0 Å². The zero-order chi connectivity index (χ0) is 13.2. The van der Waals surface area contributed by atoms with Gasteiger partial charge in [-0.2, -0.15) is 0 Å². The summed E-state index contributed by atoms with van der Waals surface area (Å²) >= 11 is 0. The first kappa shape index (κ1) is 10.6. The molecule has 1 spiro atoms. The molecule has 2 aromatic rings. The van der Waals surface area contributed by atoms with E-state index in [1.54, 1.807) is 6.26 Å². The molecule has 1 saturated heterocycles. The number of furan rings is 1. The molecule has 0 N–H and O–H groups in total. The fourth-order valence-corrected chi connectivity index (χ4v) is 3.68. The maximum Gasteiger partial charge on any atom is 0.130 e. The van der Waals surface area contributed by atoms with E-state index in [1.165, 1.54) is 5.56 Å². The van der Waals surface area contributed by atoms with Gasteiger partial charge in [0.05, 0.1) is 30.1 Å². The van der Waals surface area contributed by atoms with Crippen LogP contribution in [0, 0.1) is 5.92 Å². The predicted molar refractivity (Wildman–Crippen MR) is 76.4 cm³/mol. The average molecular weight is 263 g/mol. The second-order valence-corrected chi connectivity index (χ2v) is 5.69. The number of para-hydroxylation sites is 1. The Kier molecular flexibility index (Phi) is 1.86. The molecule has 1 aromatic carbocycles. The van der Waals surface area contributed by atoms with Crippen LogP contribution >= 0.6 is 0 Å². The van der Waals surface area contributed by atoms with Gasteiger partial charge in [-0.25, -0.2) is 0 Å². The van der Waals surface area contributed by atoms with Gasteiger partial charge in [0.25, 0.3) is 0 Å². The van der Waals surface area contributed by atoms with Crippen molar-refractivity contribution in [2.24, 2.45) is 10.9 Å². The van der Waals surface area contributed by atoms with Crippen LogP contribution < -0.4 is 10.6 Å². The number of benzene rings is 1. The molecule has 98 valence electrons. The molecule has 0 amide bonds. The summed E-state index contributed by atoms with van der Waals surface area (Å²) in [5, 5.41) is 1.13. The van der Waals surface area contributed by atoms with Crippen molar-refractivity contribution in [3.8, 4) is 0 Å². The molecule has 5 rings (SSSR count). The summed E-state index contributed by atoms with van der Waals surface area (Å²) in [6, 6.07) is 10.3. The van der Waals surface area contributed by atoms with E-state index in [1.807, 2.05) is 12.1 Å².